The first-order valence-electron chi connectivity index (χ1n) is 8.48. The Hall–Kier alpha value is -2.69. The van der Waals surface area contributed by atoms with Crippen LogP contribution in [0.15, 0.2) is 47.4 Å². The average Bonchev–Trinajstić information content (AvgIpc) is 2.87. The summed E-state index contributed by atoms with van der Waals surface area (Å²) in [7, 11) is 0. The van der Waals surface area contributed by atoms with Gasteiger partial charge in [0.1, 0.15) is 5.82 Å². The van der Waals surface area contributed by atoms with E-state index in [1.807, 2.05) is 41.0 Å². The number of hydrogen-bond acceptors (Lipinski definition) is 4. The molecule has 0 saturated heterocycles. The van der Waals surface area contributed by atoms with Crippen molar-refractivity contribution >= 4 is 16.6 Å². The van der Waals surface area contributed by atoms with E-state index in [-0.39, 0.29) is 5.56 Å². The predicted molar refractivity (Wildman–Crippen MR) is 95.1 cm³/mol. The van der Waals surface area contributed by atoms with Crippen LogP contribution in [0.4, 0.5) is 5.69 Å². The van der Waals surface area contributed by atoms with Crippen LogP contribution >= 0.6 is 0 Å². The number of pyridine rings is 1. The third kappa shape index (κ3) is 2.89. The molecule has 3 heterocycles. The molecule has 24 heavy (non-hydrogen) atoms. The smallest absolute Gasteiger partial charge is 0.261 e. The van der Waals surface area contributed by atoms with Gasteiger partial charge in [-0.05, 0) is 43.2 Å². The van der Waals surface area contributed by atoms with E-state index in [1.54, 1.807) is 6.20 Å². The van der Waals surface area contributed by atoms with Crippen LogP contribution in [0.25, 0.3) is 10.9 Å². The van der Waals surface area contributed by atoms with Crippen molar-refractivity contribution in [3.63, 3.8) is 0 Å². The quantitative estimate of drug-likeness (QED) is 0.805. The van der Waals surface area contributed by atoms with E-state index in [0.29, 0.717) is 11.9 Å². The van der Waals surface area contributed by atoms with Crippen molar-refractivity contribution < 1.29 is 0 Å². The van der Waals surface area contributed by atoms with Crippen LogP contribution in [0.3, 0.4) is 0 Å². The molecule has 1 aliphatic heterocycles. The zero-order valence-electron chi connectivity index (χ0n) is 13.5. The van der Waals surface area contributed by atoms with Gasteiger partial charge in [0, 0.05) is 24.8 Å². The Kier molecular flexibility index (Phi) is 3.99. The summed E-state index contributed by atoms with van der Waals surface area (Å²) in [6.07, 6.45) is 6.00. The molecule has 4 rings (SSSR count). The van der Waals surface area contributed by atoms with Crippen molar-refractivity contribution in [2.45, 2.75) is 38.8 Å². The largest absolute Gasteiger partial charge is 0.379 e. The number of aryl methyl sites for hydroxylation is 1. The summed E-state index contributed by atoms with van der Waals surface area (Å²) < 4.78 is 1.86. The third-order valence-corrected chi connectivity index (χ3v) is 4.52. The molecule has 0 unspecified atom stereocenters. The molecular formula is C19H20N4O. The summed E-state index contributed by atoms with van der Waals surface area (Å²) in [4.78, 5) is 21.9. The maximum Gasteiger partial charge on any atom is 0.261 e. The molecule has 0 atom stereocenters. The molecule has 0 radical (unpaired) electrons. The fraction of sp³-hybridized carbons (Fsp3) is 0.316. The van der Waals surface area contributed by atoms with Crippen LogP contribution < -0.4 is 10.9 Å². The molecule has 0 bridgehead atoms. The van der Waals surface area contributed by atoms with Gasteiger partial charge in [0.2, 0.25) is 0 Å². The van der Waals surface area contributed by atoms with Gasteiger partial charge in [-0.1, -0.05) is 12.5 Å². The number of benzene rings is 1. The van der Waals surface area contributed by atoms with Gasteiger partial charge in [0.25, 0.3) is 5.56 Å². The minimum Gasteiger partial charge on any atom is -0.379 e. The van der Waals surface area contributed by atoms with Crippen LogP contribution in [-0.4, -0.2) is 14.5 Å². The summed E-state index contributed by atoms with van der Waals surface area (Å²) in [5.41, 5.74) is 2.76. The van der Waals surface area contributed by atoms with Gasteiger partial charge < -0.3 is 5.32 Å². The molecule has 5 nitrogen and oxygen atoms in total. The maximum absolute atomic E-state index is 12.8. The number of anilines is 1. The second-order valence-corrected chi connectivity index (χ2v) is 6.20. The molecule has 5 heteroatoms. The molecule has 1 N–H and O–H groups in total. The number of hydrogen-bond donors (Lipinski definition) is 1. The first-order valence-corrected chi connectivity index (χ1v) is 8.48. The Morgan fingerprint density at radius 2 is 2.08 bits per heavy atom. The molecule has 0 aliphatic carbocycles. The van der Waals surface area contributed by atoms with Crippen LogP contribution in [0.2, 0.25) is 0 Å². The van der Waals surface area contributed by atoms with E-state index in [2.05, 4.69) is 10.3 Å². The van der Waals surface area contributed by atoms with Crippen LogP contribution in [0.5, 0.6) is 0 Å². The molecule has 1 aromatic carbocycles. The second-order valence-electron chi connectivity index (χ2n) is 6.20. The summed E-state index contributed by atoms with van der Waals surface area (Å²) in [6.45, 7) is 1.41. The molecule has 3 aromatic rings. The summed E-state index contributed by atoms with van der Waals surface area (Å²) >= 11 is 0. The summed E-state index contributed by atoms with van der Waals surface area (Å²) in [5, 5.41) is 4.02. The Labute approximate surface area is 140 Å². The molecule has 0 fully saturated rings. The molecule has 0 amide bonds. The monoisotopic (exact) mass is 320 g/mol. The van der Waals surface area contributed by atoms with E-state index in [9.17, 15) is 4.79 Å². The van der Waals surface area contributed by atoms with Crippen molar-refractivity contribution in [3.05, 3.63) is 64.5 Å². The number of nitrogens with one attached hydrogen (secondary N) is 1. The normalized spacial score (nSPS) is 14.2. The molecule has 122 valence electrons. The van der Waals surface area contributed by atoms with Crippen molar-refractivity contribution in [3.8, 4) is 0 Å². The SMILES string of the molecule is O=c1c2cc(NCc3ccccn3)ccc2nc2n1CCCCC2. The number of aromatic nitrogens is 3. The lowest BCUT2D eigenvalue weighted by Crippen LogP contribution is -2.24. The van der Waals surface area contributed by atoms with Gasteiger partial charge in [0.15, 0.2) is 0 Å². The molecule has 2 aromatic heterocycles. The predicted octanol–water partition coefficient (Wildman–Crippen LogP) is 3.13. The first kappa shape index (κ1) is 14.9. The van der Waals surface area contributed by atoms with E-state index >= 15 is 0 Å². The highest BCUT2D eigenvalue weighted by atomic mass is 16.1. The van der Waals surface area contributed by atoms with Gasteiger partial charge in [0.05, 0.1) is 23.1 Å². The molecule has 0 spiro atoms. The minimum absolute atomic E-state index is 0.0818. The van der Waals surface area contributed by atoms with E-state index < -0.39 is 0 Å². The molecule has 0 saturated carbocycles. The fourth-order valence-electron chi connectivity index (χ4n) is 3.22. The Morgan fingerprint density at radius 3 is 2.96 bits per heavy atom. The van der Waals surface area contributed by atoms with Gasteiger partial charge in [-0.2, -0.15) is 0 Å². The zero-order valence-corrected chi connectivity index (χ0v) is 13.5. The standard InChI is InChI=1S/C19H20N4O/c24-19-16-12-14(21-13-15-6-3-4-10-20-15)8-9-17(16)22-18-7-2-1-5-11-23(18)19/h3-4,6,8-10,12,21H,1-2,5,7,11,13H2. The van der Waals surface area contributed by atoms with E-state index in [4.69, 9.17) is 4.98 Å². The zero-order chi connectivity index (χ0) is 16.4. The highest BCUT2D eigenvalue weighted by molar-refractivity contribution is 5.81. The minimum atomic E-state index is 0.0818. The highest BCUT2D eigenvalue weighted by Gasteiger charge is 2.13. The molecule has 1 aliphatic rings. The Balaban J connectivity index is 1.67. The number of rotatable bonds is 3. The van der Waals surface area contributed by atoms with Gasteiger partial charge in [-0.15, -0.1) is 0 Å². The van der Waals surface area contributed by atoms with E-state index in [0.717, 1.165) is 55.0 Å². The van der Waals surface area contributed by atoms with Gasteiger partial charge in [-0.3, -0.25) is 14.3 Å². The third-order valence-electron chi connectivity index (χ3n) is 4.52. The fourth-order valence-corrected chi connectivity index (χ4v) is 3.22. The summed E-state index contributed by atoms with van der Waals surface area (Å²) in [5.74, 6) is 0.930. The lowest BCUT2D eigenvalue weighted by molar-refractivity contribution is 0.614. The van der Waals surface area contributed by atoms with Crippen molar-refractivity contribution in [1.29, 1.82) is 0 Å². The number of nitrogens with zero attached hydrogens (tertiary/aromatic N) is 3. The second kappa shape index (κ2) is 6.43. The van der Waals surface area contributed by atoms with Crippen molar-refractivity contribution in [1.82, 2.24) is 14.5 Å². The van der Waals surface area contributed by atoms with Crippen LogP contribution in [0.1, 0.15) is 30.8 Å². The van der Waals surface area contributed by atoms with E-state index in [1.165, 1.54) is 0 Å². The average molecular weight is 320 g/mol. The lowest BCUT2D eigenvalue weighted by Gasteiger charge is -2.11. The topological polar surface area (TPSA) is 59.8 Å². The van der Waals surface area contributed by atoms with Crippen molar-refractivity contribution in [2.24, 2.45) is 0 Å². The van der Waals surface area contributed by atoms with Gasteiger partial charge in [-0.25, -0.2) is 4.98 Å². The lowest BCUT2D eigenvalue weighted by atomic mass is 10.2. The first-order chi connectivity index (χ1) is 11.8. The van der Waals surface area contributed by atoms with Crippen molar-refractivity contribution in [2.75, 3.05) is 5.32 Å². The molecular weight excluding hydrogens is 300 g/mol. The maximum atomic E-state index is 12.8. The van der Waals surface area contributed by atoms with Gasteiger partial charge >= 0.3 is 0 Å². The van der Waals surface area contributed by atoms with Crippen LogP contribution in [-0.2, 0) is 19.5 Å². The number of fused-ring (bicyclic) bond motifs is 2. The Morgan fingerprint density at radius 1 is 1.12 bits per heavy atom. The highest BCUT2D eigenvalue weighted by Crippen LogP contribution is 2.18. The Bertz CT molecular complexity index is 918. The summed E-state index contributed by atoms with van der Waals surface area (Å²) in [6, 6.07) is 11.7. The van der Waals surface area contributed by atoms with Crippen LogP contribution in [0, 0.1) is 0 Å².